The largest absolute Gasteiger partial charge is 0.342 e. The number of nitriles is 1. The number of nitrogens with zero attached hydrogens (tertiary/aromatic N) is 1. The molecule has 0 spiro atoms. The number of carbonyl (C=O) groups is 1. The van der Waals surface area contributed by atoms with E-state index in [4.69, 9.17) is 5.26 Å². The number of rotatable bonds is 7. The van der Waals surface area contributed by atoms with Crippen LogP contribution < -0.4 is 5.32 Å². The van der Waals surface area contributed by atoms with Gasteiger partial charge in [-0.25, -0.2) is 0 Å². The molecule has 0 saturated carbocycles. The molecule has 1 amide bonds. The quantitative estimate of drug-likeness (QED) is 0.630. The first-order valence-electron chi connectivity index (χ1n) is 9.10. The average Bonchev–Trinajstić information content (AvgIpc) is 2.75. The minimum Gasteiger partial charge on any atom is -0.342 e. The van der Waals surface area contributed by atoms with Crippen LogP contribution in [0.15, 0.2) is 84.9 Å². The van der Waals surface area contributed by atoms with Gasteiger partial charge in [0, 0.05) is 5.75 Å². The van der Waals surface area contributed by atoms with E-state index in [1.165, 1.54) is 0 Å². The van der Waals surface area contributed by atoms with Gasteiger partial charge in [0.2, 0.25) is 5.91 Å². The number of hydrogen-bond donors (Lipinski definition) is 1. The zero-order valence-corrected chi connectivity index (χ0v) is 16.6. The van der Waals surface area contributed by atoms with Crippen molar-refractivity contribution < 1.29 is 4.79 Å². The Labute approximate surface area is 170 Å². The minimum absolute atomic E-state index is 0.00569. The molecule has 0 heterocycles. The van der Waals surface area contributed by atoms with E-state index >= 15 is 0 Å². The summed E-state index contributed by atoms with van der Waals surface area (Å²) < 4.78 is 0. The summed E-state index contributed by atoms with van der Waals surface area (Å²) >= 11 is 1.56. The molecule has 0 fully saturated rings. The average molecular weight is 387 g/mol. The molecule has 0 aromatic heterocycles. The van der Waals surface area contributed by atoms with Gasteiger partial charge in [-0.1, -0.05) is 72.8 Å². The Kier molecular flexibility index (Phi) is 6.52. The van der Waals surface area contributed by atoms with Gasteiger partial charge in [-0.15, -0.1) is 11.8 Å². The molecule has 0 unspecified atom stereocenters. The number of benzene rings is 3. The van der Waals surface area contributed by atoms with Crippen molar-refractivity contribution in [2.45, 2.75) is 18.2 Å². The van der Waals surface area contributed by atoms with E-state index in [0.717, 1.165) is 22.4 Å². The first-order valence-corrected chi connectivity index (χ1v) is 10.3. The Morgan fingerprint density at radius 2 is 1.46 bits per heavy atom. The van der Waals surface area contributed by atoms with Crippen molar-refractivity contribution >= 4 is 17.7 Å². The number of hydrogen-bond acceptors (Lipinski definition) is 3. The smallest absolute Gasteiger partial charge is 0.230 e. The van der Waals surface area contributed by atoms with Crippen LogP contribution in [0.3, 0.4) is 0 Å². The molecule has 0 aliphatic heterocycles. The van der Waals surface area contributed by atoms with Crippen molar-refractivity contribution in [3.05, 3.63) is 107 Å². The number of amides is 1. The molecular weight excluding hydrogens is 364 g/mol. The molecule has 0 saturated heterocycles. The lowest BCUT2D eigenvalue weighted by atomic mass is 9.84. The van der Waals surface area contributed by atoms with Gasteiger partial charge in [0.15, 0.2) is 0 Å². The Balaban J connectivity index is 1.67. The molecule has 0 aliphatic rings. The molecule has 0 aliphatic carbocycles. The molecule has 3 nitrogen and oxygen atoms in total. The van der Waals surface area contributed by atoms with E-state index in [2.05, 4.69) is 11.4 Å². The van der Waals surface area contributed by atoms with E-state index in [1.54, 1.807) is 23.9 Å². The highest BCUT2D eigenvalue weighted by molar-refractivity contribution is 7.99. The summed E-state index contributed by atoms with van der Waals surface area (Å²) in [7, 11) is 0. The van der Waals surface area contributed by atoms with Crippen molar-refractivity contribution in [3.8, 4) is 6.07 Å². The Hall–Kier alpha value is -3.03. The van der Waals surface area contributed by atoms with Gasteiger partial charge in [-0.2, -0.15) is 5.26 Å². The number of nitrogens with one attached hydrogen (secondary N) is 1. The molecule has 0 radical (unpaired) electrons. The molecule has 0 atom stereocenters. The molecular formula is C24H22N2OS. The van der Waals surface area contributed by atoms with Crippen LogP contribution in [0.25, 0.3) is 0 Å². The summed E-state index contributed by atoms with van der Waals surface area (Å²) in [6.45, 7) is 2.04. The monoisotopic (exact) mass is 386 g/mol. The molecule has 3 aromatic carbocycles. The van der Waals surface area contributed by atoms with Gasteiger partial charge in [0.05, 0.1) is 22.9 Å². The predicted molar refractivity (Wildman–Crippen MR) is 115 cm³/mol. The highest BCUT2D eigenvalue weighted by Crippen LogP contribution is 2.29. The second-order valence-corrected chi connectivity index (χ2v) is 7.69. The van der Waals surface area contributed by atoms with Crippen molar-refractivity contribution in [2.24, 2.45) is 0 Å². The summed E-state index contributed by atoms with van der Waals surface area (Å²) in [5.41, 5.74) is 3.26. The fourth-order valence-corrected chi connectivity index (χ4v) is 3.89. The van der Waals surface area contributed by atoms with Crippen molar-refractivity contribution in [2.75, 3.05) is 5.75 Å². The molecule has 4 heteroatoms. The predicted octanol–water partition coefficient (Wildman–Crippen LogP) is 4.87. The fourth-order valence-electron chi connectivity index (χ4n) is 3.11. The molecule has 28 heavy (non-hydrogen) atoms. The van der Waals surface area contributed by atoms with Gasteiger partial charge >= 0.3 is 0 Å². The van der Waals surface area contributed by atoms with Crippen LogP contribution in [0.2, 0.25) is 0 Å². The normalized spacial score (nSPS) is 10.9. The van der Waals surface area contributed by atoms with Crippen LogP contribution in [0.1, 0.15) is 29.2 Å². The summed E-state index contributed by atoms with van der Waals surface area (Å²) in [6.07, 6.45) is 0. The third-order valence-corrected chi connectivity index (χ3v) is 5.68. The molecule has 1 N–H and O–H groups in total. The zero-order chi connectivity index (χ0) is 19.8. The van der Waals surface area contributed by atoms with Crippen LogP contribution in [-0.4, -0.2) is 11.7 Å². The lowest BCUT2D eigenvalue weighted by Crippen LogP contribution is -2.45. The molecule has 0 bridgehead atoms. The molecule has 3 rings (SSSR count). The third kappa shape index (κ3) is 4.82. The minimum atomic E-state index is -0.589. The van der Waals surface area contributed by atoms with E-state index in [-0.39, 0.29) is 5.91 Å². The van der Waals surface area contributed by atoms with Crippen LogP contribution >= 0.6 is 11.8 Å². The van der Waals surface area contributed by atoms with E-state index in [9.17, 15) is 4.79 Å². The maximum absolute atomic E-state index is 12.7. The highest BCUT2D eigenvalue weighted by Gasteiger charge is 2.30. The van der Waals surface area contributed by atoms with Crippen LogP contribution in [-0.2, 0) is 16.1 Å². The van der Waals surface area contributed by atoms with Gasteiger partial charge in [-0.05, 0) is 35.7 Å². The lowest BCUT2D eigenvalue weighted by Gasteiger charge is -2.32. The second kappa shape index (κ2) is 9.25. The third-order valence-electron chi connectivity index (χ3n) is 4.68. The van der Waals surface area contributed by atoms with Crippen molar-refractivity contribution in [3.63, 3.8) is 0 Å². The van der Waals surface area contributed by atoms with Gasteiger partial charge in [-0.3, -0.25) is 4.79 Å². The Morgan fingerprint density at radius 3 is 1.96 bits per heavy atom. The molecule has 140 valence electrons. The summed E-state index contributed by atoms with van der Waals surface area (Å²) in [4.78, 5) is 12.7. The van der Waals surface area contributed by atoms with Gasteiger partial charge < -0.3 is 5.32 Å². The Morgan fingerprint density at radius 1 is 0.929 bits per heavy atom. The van der Waals surface area contributed by atoms with Crippen LogP contribution in [0.5, 0.6) is 0 Å². The highest BCUT2D eigenvalue weighted by atomic mass is 32.2. The number of thioether (sulfide) groups is 1. The first-order chi connectivity index (χ1) is 13.6. The maximum Gasteiger partial charge on any atom is 0.230 e. The van der Waals surface area contributed by atoms with Crippen LogP contribution in [0.4, 0.5) is 0 Å². The summed E-state index contributed by atoms with van der Waals surface area (Å²) in [5, 5.41) is 12.1. The van der Waals surface area contributed by atoms with E-state index < -0.39 is 5.54 Å². The van der Waals surface area contributed by atoms with Crippen LogP contribution in [0, 0.1) is 11.3 Å². The van der Waals surface area contributed by atoms with Crippen molar-refractivity contribution in [1.29, 1.82) is 5.26 Å². The second-order valence-electron chi connectivity index (χ2n) is 6.71. The zero-order valence-electron chi connectivity index (χ0n) is 15.8. The summed E-state index contributed by atoms with van der Waals surface area (Å²) in [6, 6.07) is 29.6. The van der Waals surface area contributed by atoms with Gasteiger partial charge in [0.25, 0.3) is 0 Å². The molecule has 3 aromatic rings. The van der Waals surface area contributed by atoms with Crippen molar-refractivity contribution in [1.82, 2.24) is 5.32 Å². The fraction of sp³-hybridized carbons (Fsp3) is 0.167. The number of carbonyl (C=O) groups excluding carboxylic acids is 1. The van der Waals surface area contributed by atoms with E-state index in [0.29, 0.717) is 11.3 Å². The van der Waals surface area contributed by atoms with E-state index in [1.807, 2.05) is 79.7 Å². The topological polar surface area (TPSA) is 52.9 Å². The first kappa shape index (κ1) is 19.7. The SMILES string of the molecule is CC(NC(=O)CSCc1ccc(C#N)cc1)(c1ccccc1)c1ccccc1. The van der Waals surface area contributed by atoms with Gasteiger partial charge in [0.1, 0.15) is 0 Å². The maximum atomic E-state index is 12.7. The Bertz CT molecular complexity index is 908. The summed E-state index contributed by atoms with van der Waals surface area (Å²) in [5.74, 6) is 1.09. The lowest BCUT2D eigenvalue weighted by molar-refractivity contribution is -0.120. The standard InChI is InChI=1S/C24H22N2OS/c1-24(21-8-4-2-5-9-21,22-10-6-3-7-11-22)26-23(27)18-28-17-20-14-12-19(16-25)13-15-20/h2-15H,17-18H2,1H3,(H,26,27).